The van der Waals surface area contributed by atoms with Gasteiger partial charge in [0.05, 0.1) is 25.0 Å². The molecule has 3 aliphatic heterocycles. The zero-order valence-electron chi connectivity index (χ0n) is 17.3. The van der Waals surface area contributed by atoms with Crippen molar-refractivity contribution in [2.75, 3.05) is 26.7 Å². The normalized spacial score (nSPS) is 23.4. The van der Waals surface area contributed by atoms with E-state index in [1.807, 2.05) is 18.7 Å². The van der Waals surface area contributed by atoms with Gasteiger partial charge in [-0.05, 0) is 32.0 Å². The third-order valence-electron chi connectivity index (χ3n) is 6.41. The quantitative estimate of drug-likeness (QED) is 0.778. The van der Waals surface area contributed by atoms with Crippen molar-refractivity contribution in [2.24, 2.45) is 5.92 Å². The third-order valence-corrected chi connectivity index (χ3v) is 6.41. The number of hydrogen-bond acceptors (Lipinski definition) is 5. The minimum atomic E-state index is -0.551. The summed E-state index contributed by atoms with van der Waals surface area (Å²) >= 11 is 0. The van der Waals surface area contributed by atoms with Crippen LogP contribution in [0, 0.1) is 5.92 Å². The van der Waals surface area contributed by atoms with Gasteiger partial charge in [-0.3, -0.25) is 14.4 Å². The molecule has 0 aromatic heterocycles. The van der Waals surface area contributed by atoms with Crippen molar-refractivity contribution in [1.29, 1.82) is 0 Å². The van der Waals surface area contributed by atoms with Crippen LogP contribution in [0.15, 0.2) is 18.2 Å². The van der Waals surface area contributed by atoms with Gasteiger partial charge in [-0.25, -0.2) is 0 Å². The molecule has 1 aromatic rings. The molecule has 7 heteroatoms. The average Bonchev–Trinajstić information content (AvgIpc) is 3.10. The molecule has 7 nitrogen and oxygen atoms in total. The maximum Gasteiger partial charge on any atom is 0.227 e. The van der Waals surface area contributed by atoms with Crippen LogP contribution in [0.4, 0.5) is 0 Å². The molecule has 3 aliphatic rings. The van der Waals surface area contributed by atoms with Crippen LogP contribution in [0.1, 0.15) is 49.9 Å². The lowest BCUT2D eigenvalue weighted by Crippen LogP contribution is -2.53. The number of carbonyl (C=O) groups is 3. The van der Waals surface area contributed by atoms with Gasteiger partial charge in [0.25, 0.3) is 0 Å². The van der Waals surface area contributed by atoms with Crippen molar-refractivity contribution in [3.63, 3.8) is 0 Å². The van der Waals surface area contributed by atoms with Crippen LogP contribution in [-0.4, -0.2) is 65.8 Å². The number of piperidine rings is 1. The standard InChI is InChI=1S/C22H28N2O5/c1-14(2)24-13-15(10-20(24)26)21(27)23-8-6-22(7-9-23)12-18(25)17-11-16(28-3)4-5-19(17)29-22/h4-5,11,14-15H,6-10,12-13H2,1-3H3. The summed E-state index contributed by atoms with van der Waals surface area (Å²) in [6, 6.07) is 5.42. The minimum absolute atomic E-state index is 0.0450. The van der Waals surface area contributed by atoms with E-state index >= 15 is 0 Å². The first-order valence-corrected chi connectivity index (χ1v) is 10.3. The predicted molar refractivity (Wildman–Crippen MR) is 106 cm³/mol. The number of hydrogen-bond donors (Lipinski definition) is 0. The van der Waals surface area contributed by atoms with Crippen LogP contribution in [0.5, 0.6) is 11.5 Å². The van der Waals surface area contributed by atoms with E-state index in [0.29, 0.717) is 62.4 Å². The molecule has 1 unspecified atom stereocenters. The van der Waals surface area contributed by atoms with E-state index in [9.17, 15) is 14.4 Å². The summed E-state index contributed by atoms with van der Waals surface area (Å²) in [4.78, 5) is 41.4. The highest BCUT2D eigenvalue weighted by Gasteiger charge is 2.45. The number of likely N-dealkylation sites (tertiary alicyclic amines) is 2. The van der Waals surface area contributed by atoms with Gasteiger partial charge in [-0.15, -0.1) is 0 Å². The van der Waals surface area contributed by atoms with Gasteiger partial charge in [-0.2, -0.15) is 0 Å². The number of amides is 2. The molecule has 0 N–H and O–H groups in total. The molecule has 156 valence electrons. The molecule has 2 fully saturated rings. The van der Waals surface area contributed by atoms with Crippen molar-refractivity contribution in [3.05, 3.63) is 23.8 Å². The van der Waals surface area contributed by atoms with Crippen LogP contribution in [-0.2, 0) is 9.59 Å². The summed E-state index contributed by atoms with van der Waals surface area (Å²) in [6.45, 7) is 5.54. The fourth-order valence-corrected chi connectivity index (χ4v) is 4.67. The molecule has 2 amide bonds. The Morgan fingerprint density at radius 3 is 2.59 bits per heavy atom. The molecule has 0 radical (unpaired) electrons. The van der Waals surface area contributed by atoms with Crippen molar-refractivity contribution >= 4 is 17.6 Å². The van der Waals surface area contributed by atoms with Gasteiger partial charge in [0.15, 0.2) is 5.78 Å². The first-order chi connectivity index (χ1) is 13.8. The van der Waals surface area contributed by atoms with Gasteiger partial charge in [-0.1, -0.05) is 0 Å². The number of methoxy groups -OCH3 is 1. The molecule has 1 aromatic carbocycles. The fraction of sp³-hybridized carbons (Fsp3) is 0.591. The van der Waals surface area contributed by atoms with Crippen LogP contribution in [0.3, 0.4) is 0 Å². The van der Waals surface area contributed by atoms with E-state index < -0.39 is 5.60 Å². The van der Waals surface area contributed by atoms with Crippen LogP contribution in [0.25, 0.3) is 0 Å². The molecule has 4 rings (SSSR count). The molecule has 0 bridgehead atoms. The molecule has 3 heterocycles. The Bertz CT molecular complexity index is 842. The second-order valence-corrected chi connectivity index (χ2v) is 8.61. The number of nitrogens with zero attached hydrogens (tertiary/aromatic N) is 2. The molecule has 2 saturated heterocycles. The summed E-state index contributed by atoms with van der Waals surface area (Å²) in [5, 5.41) is 0. The smallest absolute Gasteiger partial charge is 0.227 e. The van der Waals surface area contributed by atoms with Crippen LogP contribution in [0.2, 0.25) is 0 Å². The monoisotopic (exact) mass is 400 g/mol. The zero-order valence-corrected chi connectivity index (χ0v) is 17.3. The van der Waals surface area contributed by atoms with Crippen molar-refractivity contribution in [1.82, 2.24) is 9.80 Å². The number of ketones is 1. The number of carbonyl (C=O) groups excluding carboxylic acids is 3. The van der Waals surface area contributed by atoms with Gasteiger partial charge >= 0.3 is 0 Å². The van der Waals surface area contributed by atoms with E-state index in [2.05, 4.69) is 0 Å². The molecule has 1 spiro atoms. The molecule has 1 atom stereocenters. The highest BCUT2D eigenvalue weighted by Crippen LogP contribution is 2.41. The van der Waals surface area contributed by atoms with Crippen LogP contribution >= 0.6 is 0 Å². The Morgan fingerprint density at radius 1 is 1.24 bits per heavy atom. The number of Topliss-reactive ketones (excluding diaryl/α,β-unsaturated/α-hetero) is 1. The third kappa shape index (κ3) is 3.58. The van der Waals surface area contributed by atoms with E-state index in [1.54, 1.807) is 30.2 Å². The summed E-state index contributed by atoms with van der Waals surface area (Å²) in [7, 11) is 1.57. The molecule has 0 saturated carbocycles. The average molecular weight is 400 g/mol. The lowest BCUT2D eigenvalue weighted by atomic mass is 9.82. The van der Waals surface area contributed by atoms with Gasteiger partial charge in [0, 0.05) is 44.9 Å². The van der Waals surface area contributed by atoms with Gasteiger partial charge in [0.1, 0.15) is 17.1 Å². The lowest BCUT2D eigenvalue weighted by molar-refractivity contribution is -0.139. The van der Waals surface area contributed by atoms with Crippen molar-refractivity contribution in [3.8, 4) is 11.5 Å². The van der Waals surface area contributed by atoms with Crippen molar-refractivity contribution < 1.29 is 23.9 Å². The highest BCUT2D eigenvalue weighted by molar-refractivity contribution is 6.00. The number of benzene rings is 1. The number of fused-ring (bicyclic) bond motifs is 1. The zero-order chi connectivity index (χ0) is 20.8. The Hall–Kier alpha value is -2.57. The summed E-state index contributed by atoms with van der Waals surface area (Å²) < 4.78 is 11.5. The first kappa shape index (κ1) is 19.7. The van der Waals surface area contributed by atoms with E-state index in [0.717, 1.165) is 0 Å². The summed E-state index contributed by atoms with van der Waals surface area (Å²) in [5.41, 5.74) is 0.0111. The highest BCUT2D eigenvalue weighted by atomic mass is 16.5. The Kier molecular flexibility index (Phi) is 5.00. The Balaban J connectivity index is 1.41. The molecular weight excluding hydrogens is 372 g/mol. The summed E-state index contributed by atoms with van der Waals surface area (Å²) in [6.07, 6.45) is 1.84. The van der Waals surface area contributed by atoms with E-state index in [-0.39, 0.29) is 29.6 Å². The number of rotatable bonds is 3. The molecule has 29 heavy (non-hydrogen) atoms. The first-order valence-electron chi connectivity index (χ1n) is 10.3. The summed E-state index contributed by atoms with van der Waals surface area (Å²) in [5.74, 6) is 1.12. The van der Waals surface area contributed by atoms with E-state index in [1.165, 1.54) is 0 Å². The van der Waals surface area contributed by atoms with Crippen molar-refractivity contribution in [2.45, 2.75) is 51.2 Å². The lowest BCUT2D eigenvalue weighted by Gasteiger charge is -2.44. The second-order valence-electron chi connectivity index (χ2n) is 8.61. The van der Waals surface area contributed by atoms with E-state index in [4.69, 9.17) is 9.47 Å². The second kappa shape index (κ2) is 7.35. The molecular formula is C22H28N2O5. The maximum atomic E-state index is 12.9. The minimum Gasteiger partial charge on any atom is -0.497 e. The molecule has 0 aliphatic carbocycles. The largest absolute Gasteiger partial charge is 0.497 e. The maximum absolute atomic E-state index is 12.9. The Labute approximate surface area is 170 Å². The van der Waals surface area contributed by atoms with Crippen LogP contribution < -0.4 is 9.47 Å². The SMILES string of the molecule is COc1ccc2c(c1)C(=O)CC1(CCN(C(=O)C3CC(=O)N(C(C)C)C3)CC1)O2. The predicted octanol–water partition coefficient (Wildman–Crippen LogP) is 2.28. The number of ether oxygens (including phenoxy) is 2. The topological polar surface area (TPSA) is 76.2 Å². The van der Waals surface area contributed by atoms with Gasteiger partial charge in [0.2, 0.25) is 11.8 Å². The van der Waals surface area contributed by atoms with Gasteiger partial charge < -0.3 is 19.3 Å². The fourth-order valence-electron chi connectivity index (χ4n) is 4.67. The Morgan fingerprint density at radius 2 is 1.97 bits per heavy atom.